The molecule has 0 atom stereocenters. The van der Waals surface area contributed by atoms with Gasteiger partial charge in [0.1, 0.15) is 0 Å². The lowest BCUT2D eigenvalue weighted by molar-refractivity contribution is -0.124. The summed E-state index contributed by atoms with van der Waals surface area (Å²) < 4.78 is 0.501. The highest BCUT2D eigenvalue weighted by atomic mass is 127. The van der Waals surface area contributed by atoms with Crippen LogP contribution in [0.3, 0.4) is 0 Å². The summed E-state index contributed by atoms with van der Waals surface area (Å²) in [5.41, 5.74) is -0.101. The first-order valence-electron chi connectivity index (χ1n) is 8.40. The Morgan fingerprint density at radius 1 is 0.913 bits per heavy atom. The predicted octanol–water partition coefficient (Wildman–Crippen LogP) is 4.07. The third kappa shape index (κ3) is 12.7. The summed E-state index contributed by atoms with van der Waals surface area (Å²) in [5.74, 6) is 0.213. The maximum atomic E-state index is 12.1. The van der Waals surface area contributed by atoms with Crippen molar-refractivity contribution in [2.75, 3.05) is 11.0 Å². The fraction of sp³-hybridized carbons (Fsp3) is 0.889. The maximum absolute atomic E-state index is 12.1. The Morgan fingerprint density at radius 3 is 1.96 bits per heavy atom. The molecule has 2 N–H and O–H groups in total. The third-order valence-electron chi connectivity index (χ3n) is 3.71. The highest BCUT2D eigenvalue weighted by Crippen LogP contribution is 2.25. The van der Waals surface area contributed by atoms with E-state index in [-0.39, 0.29) is 28.2 Å². The van der Waals surface area contributed by atoms with Crippen molar-refractivity contribution < 1.29 is 9.59 Å². The Labute approximate surface area is 156 Å². The first-order valence-corrected chi connectivity index (χ1v) is 9.93. The van der Waals surface area contributed by atoms with E-state index in [2.05, 4.69) is 81.7 Å². The quantitative estimate of drug-likeness (QED) is 0.421. The van der Waals surface area contributed by atoms with Gasteiger partial charge >= 0.3 is 0 Å². The molecule has 0 aliphatic rings. The van der Waals surface area contributed by atoms with Gasteiger partial charge in [0.05, 0.1) is 4.43 Å². The zero-order valence-corrected chi connectivity index (χ0v) is 18.1. The number of nitrogens with one attached hydrogen (secondary N) is 2. The summed E-state index contributed by atoms with van der Waals surface area (Å²) in [6.45, 7) is 15.4. The lowest BCUT2D eigenvalue weighted by Gasteiger charge is -2.31. The molecule has 0 saturated carbocycles. The molecule has 5 heteroatoms. The molecule has 23 heavy (non-hydrogen) atoms. The van der Waals surface area contributed by atoms with Gasteiger partial charge in [-0.3, -0.25) is 9.59 Å². The fourth-order valence-corrected chi connectivity index (χ4v) is 2.72. The summed E-state index contributed by atoms with van der Waals surface area (Å²) in [6.07, 6.45) is 3.53. The van der Waals surface area contributed by atoms with Crippen molar-refractivity contribution in [2.45, 2.75) is 79.7 Å². The third-order valence-corrected chi connectivity index (χ3v) is 4.40. The minimum Gasteiger partial charge on any atom is -0.355 e. The summed E-state index contributed by atoms with van der Waals surface area (Å²) in [6, 6.07) is 0. The second-order valence-electron chi connectivity index (χ2n) is 9.10. The number of hydrogen-bond donors (Lipinski definition) is 2. The molecule has 0 aromatic rings. The molecule has 0 aliphatic heterocycles. The van der Waals surface area contributed by atoms with Crippen LogP contribution in [0.1, 0.15) is 74.1 Å². The SMILES string of the molecule is CC(C)(C)CC(=O)NC(C)(C)CCCC(C)(C)CNC(=O)CI. The molecule has 0 rings (SSSR count). The fourth-order valence-electron chi connectivity index (χ4n) is 2.45. The van der Waals surface area contributed by atoms with Crippen LogP contribution in [-0.2, 0) is 9.59 Å². The molecule has 0 aromatic heterocycles. The Morgan fingerprint density at radius 2 is 1.48 bits per heavy atom. The van der Waals surface area contributed by atoms with Crippen molar-refractivity contribution in [2.24, 2.45) is 10.8 Å². The summed E-state index contributed by atoms with van der Waals surface area (Å²) in [5, 5.41) is 6.11. The van der Waals surface area contributed by atoms with Gasteiger partial charge in [0.15, 0.2) is 0 Å². The number of rotatable bonds is 9. The predicted molar refractivity (Wildman–Crippen MR) is 106 cm³/mol. The van der Waals surface area contributed by atoms with Gasteiger partial charge in [-0.25, -0.2) is 0 Å². The Kier molecular flexibility index (Phi) is 9.10. The van der Waals surface area contributed by atoms with Gasteiger partial charge in [-0.05, 0) is 37.5 Å². The minimum atomic E-state index is -0.191. The van der Waals surface area contributed by atoms with Gasteiger partial charge in [-0.15, -0.1) is 0 Å². The number of hydrogen-bond acceptors (Lipinski definition) is 2. The van der Waals surface area contributed by atoms with Crippen LogP contribution >= 0.6 is 22.6 Å². The van der Waals surface area contributed by atoms with E-state index in [1.54, 1.807) is 0 Å². The van der Waals surface area contributed by atoms with E-state index in [1.807, 2.05) is 0 Å². The zero-order chi connectivity index (χ0) is 18.3. The van der Waals surface area contributed by atoms with Gasteiger partial charge in [0, 0.05) is 18.5 Å². The van der Waals surface area contributed by atoms with E-state index in [4.69, 9.17) is 0 Å². The van der Waals surface area contributed by atoms with Crippen LogP contribution in [0, 0.1) is 10.8 Å². The number of carbonyl (C=O) groups excluding carboxylic acids is 2. The second-order valence-corrected chi connectivity index (χ2v) is 9.86. The van der Waals surface area contributed by atoms with Crippen molar-refractivity contribution in [3.63, 3.8) is 0 Å². The molecule has 0 aliphatic carbocycles. The summed E-state index contributed by atoms with van der Waals surface area (Å²) in [4.78, 5) is 23.4. The van der Waals surface area contributed by atoms with Gasteiger partial charge in [0.25, 0.3) is 0 Å². The minimum absolute atomic E-state index is 0.0129. The van der Waals surface area contributed by atoms with Crippen molar-refractivity contribution in [3.05, 3.63) is 0 Å². The number of halogens is 1. The monoisotopic (exact) mass is 438 g/mol. The van der Waals surface area contributed by atoms with Crippen molar-refractivity contribution >= 4 is 34.4 Å². The standard InChI is InChI=1S/C18H35IN2O2/c1-16(2,3)11-14(22)21-18(6,7)10-8-9-17(4,5)13-20-15(23)12-19/h8-13H2,1-7H3,(H,20,23)(H,21,22). The van der Waals surface area contributed by atoms with Gasteiger partial charge in [-0.2, -0.15) is 0 Å². The van der Waals surface area contributed by atoms with E-state index in [0.29, 0.717) is 17.4 Å². The Bertz CT molecular complexity index is 398. The lowest BCUT2D eigenvalue weighted by atomic mass is 9.84. The van der Waals surface area contributed by atoms with Gasteiger partial charge in [0.2, 0.25) is 11.8 Å². The van der Waals surface area contributed by atoms with Crippen molar-refractivity contribution in [1.29, 1.82) is 0 Å². The molecular weight excluding hydrogens is 403 g/mol. The lowest BCUT2D eigenvalue weighted by Crippen LogP contribution is -2.44. The Hall–Kier alpha value is -0.330. The van der Waals surface area contributed by atoms with E-state index in [1.165, 1.54) is 0 Å². The molecule has 136 valence electrons. The number of alkyl halides is 1. The first-order chi connectivity index (χ1) is 10.3. The van der Waals surface area contributed by atoms with Gasteiger partial charge < -0.3 is 10.6 Å². The molecule has 0 radical (unpaired) electrons. The van der Waals surface area contributed by atoms with Crippen LogP contribution in [0.25, 0.3) is 0 Å². The highest BCUT2D eigenvalue weighted by molar-refractivity contribution is 14.1. The molecule has 0 unspecified atom stereocenters. The van der Waals surface area contributed by atoms with E-state index in [9.17, 15) is 9.59 Å². The smallest absolute Gasteiger partial charge is 0.229 e. The highest BCUT2D eigenvalue weighted by Gasteiger charge is 2.25. The molecule has 4 nitrogen and oxygen atoms in total. The van der Waals surface area contributed by atoms with E-state index < -0.39 is 0 Å². The molecule has 0 bridgehead atoms. The van der Waals surface area contributed by atoms with Crippen LogP contribution in [-0.4, -0.2) is 28.3 Å². The molecule has 0 heterocycles. The molecule has 0 saturated heterocycles. The zero-order valence-electron chi connectivity index (χ0n) is 15.9. The van der Waals surface area contributed by atoms with Crippen molar-refractivity contribution in [3.8, 4) is 0 Å². The van der Waals surface area contributed by atoms with Crippen molar-refractivity contribution in [1.82, 2.24) is 10.6 Å². The first kappa shape index (κ1) is 22.7. The largest absolute Gasteiger partial charge is 0.355 e. The van der Waals surface area contributed by atoms with Crippen LogP contribution in [0.5, 0.6) is 0 Å². The molecule has 0 aromatic carbocycles. The molecule has 2 amide bonds. The topological polar surface area (TPSA) is 58.2 Å². The normalized spacial score (nSPS) is 12.9. The van der Waals surface area contributed by atoms with Crippen LogP contribution in [0.2, 0.25) is 0 Å². The second kappa shape index (κ2) is 9.23. The maximum Gasteiger partial charge on any atom is 0.229 e. The molecule has 0 spiro atoms. The van der Waals surface area contributed by atoms with E-state index >= 15 is 0 Å². The van der Waals surface area contributed by atoms with Crippen LogP contribution < -0.4 is 10.6 Å². The molecular formula is C18H35IN2O2. The molecule has 0 fully saturated rings. The van der Waals surface area contributed by atoms with Crippen LogP contribution in [0.15, 0.2) is 0 Å². The van der Waals surface area contributed by atoms with Gasteiger partial charge in [-0.1, -0.05) is 63.6 Å². The summed E-state index contributed by atoms with van der Waals surface area (Å²) >= 11 is 2.07. The number of amides is 2. The Balaban J connectivity index is 4.22. The average molecular weight is 438 g/mol. The number of carbonyl (C=O) groups is 2. The summed E-state index contributed by atoms with van der Waals surface area (Å²) in [7, 11) is 0. The van der Waals surface area contributed by atoms with E-state index in [0.717, 1.165) is 19.3 Å². The average Bonchev–Trinajstić information content (AvgIpc) is 2.32. The van der Waals surface area contributed by atoms with Crippen LogP contribution in [0.4, 0.5) is 0 Å².